The van der Waals surface area contributed by atoms with E-state index in [1.165, 1.54) is 6.42 Å². The highest BCUT2D eigenvalue weighted by molar-refractivity contribution is 9.10. The topological polar surface area (TPSA) is 66.0 Å². The average Bonchev–Trinajstić information content (AvgIpc) is 2.69. The lowest BCUT2D eigenvalue weighted by molar-refractivity contribution is 0.0625. The Morgan fingerprint density at radius 2 is 2.04 bits per heavy atom. The Morgan fingerprint density at radius 3 is 2.74 bits per heavy atom. The van der Waals surface area contributed by atoms with E-state index in [2.05, 4.69) is 43.5 Å². The van der Waals surface area contributed by atoms with Crippen LogP contribution in [0, 0.1) is 5.92 Å². The molecule has 0 atom stereocenters. The number of guanidine groups is 1. The van der Waals surface area contributed by atoms with Gasteiger partial charge in [0, 0.05) is 57.0 Å². The minimum absolute atomic E-state index is 0.0470. The van der Waals surface area contributed by atoms with E-state index in [1.54, 1.807) is 0 Å². The molecule has 0 unspecified atom stereocenters. The predicted octanol–water partition coefficient (Wildman–Crippen LogP) is 2.89. The van der Waals surface area contributed by atoms with Crippen LogP contribution in [0.5, 0.6) is 0 Å². The Bertz CT molecular complexity index is 618. The largest absolute Gasteiger partial charge is 0.381 e. The molecule has 0 radical (unpaired) electrons. The van der Waals surface area contributed by atoms with Gasteiger partial charge in [-0.05, 0) is 49.8 Å². The van der Waals surface area contributed by atoms with Gasteiger partial charge in [-0.2, -0.15) is 0 Å². The van der Waals surface area contributed by atoms with Crippen LogP contribution < -0.4 is 10.6 Å². The van der Waals surface area contributed by atoms with Gasteiger partial charge in [-0.3, -0.25) is 9.79 Å². The lowest BCUT2D eigenvalue weighted by Crippen LogP contribution is -2.41. The molecule has 1 saturated heterocycles. The second kappa shape index (κ2) is 12.0. The van der Waals surface area contributed by atoms with Crippen molar-refractivity contribution in [3.63, 3.8) is 0 Å². The van der Waals surface area contributed by atoms with Crippen LogP contribution in [0.3, 0.4) is 0 Å². The first-order valence-electron chi connectivity index (χ1n) is 9.63. The number of carbonyl (C=O) groups is 1. The van der Waals surface area contributed by atoms with E-state index >= 15 is 0 Å². The fraction of sp³-hybridized carbons (Fsp3) is 0.600. The molecule has 2 rings (SSSR count). The molecule has 1 aliphatic heterocycles. The summed E-state index contributed by atoms with van der Waals surface area (Å²) in [5.41, 5.74) is 0.668. The number of hydrogen-bond donors (Lipinski definition) is 2. The smallest absolute Gasteiger partial charge is 0.251 e. The number of ether oxygens (including phenoxy) is 1. The normalized spacial score (nSPS) is 15.4. The first-order valence-corrected chi connectivity index (χ1v) is 10.4. The van der Waals surface area contributed by atoms with Crippen LogP contribution in [0.15, 0.2) is 33.7 Å². The van der Waals surface area contributed by atoms with Gasteiger partial charge in [0.05, 0.1) is 0 Å². The minimum atomic E-state index is -0.0470. The van der Waals surface area contributed by atoms with E-state index in [0.29, 0.717) is 12.1 Å². The molecule has 0 aromatic heterocycles. The molecule has 7 heteroatoms. The molecule has 0 spiro atoms. The van der Waals surface area contributed by atoms with Crippen LogP contribution in [-0.4, -0.2) is 63.7 Å². The van der Waals surface area contributed by atoms with Gasteiger partial charge in [0.25, 0.3) is 5.91 Å². The third kappa shape index (κ3) is 7.89. The fourth-order valence-corrected chi connectivity index (χ4v) is 3.52. The summed E-state index contributed by atoms with van der Waals surface area (Å²) in [5, 5.41) is 6.32. The first-order chi connectivity index (χ1) is 13.1. The lowest BCUT2D eigenvalue weighted by Gasteiger charge is -2.26. The maximum atomic E-state index is 12.1. The van der Waals surface area contributed by atoms with E-state index in [4.69, 9.17) is 4.74 Å². The molecule has 1 aromatic carbocycles. The van der Waals surface area contributed by atoms with Crippen LogP contribution in [0.2, 0.25) is 0 Å². The number of halogens is 1. The summed E-state index contributed by atoms with van der Waals surface area (Å²) in [5.74, 6) is 1.61. The Hall–Kier alpha value is -1.60. The van der Waals surface area contributed by atoms with Crippen molar-refractivity contribution in [2.24, 2.45) is 10.9 Å². The number of nitrogens with zero attached hydrogens (tertiary/aromatic N) is 2. The zero-order chi connectivity index (χ0) is 19.5. The van der Waals surface area contributed by atoms with Gasteiger partial charge < -0.3 is 20.3 Å². The number of amides is 1. The van der Waals surface area contributed by atoms with Gasteiger partial charge in [-0.1, -0.05) is 22.0 Å². The molecular weight excluding hydrogens is 408 g/mol. The summed E-state index contributed by atoms with van der Waals surface area (Å²) in [6, 6.07) is 7.40. The summed E-state index contributed by atoms with van der Waals surface area (Å²) < 4.78 is 6.33. The van der Waals surface area contributed by atoms with E-state index in [-0.39, 0.29) is 5.91 Å². The number of aliphatic imine (C=N–C) groups is 1. The molecule has 150 valence electrons. The van der Waals surface area contributed by atoms with Crippen LogP contribution in [0.4, 0.5) is 0 Å². The number of benzene rings is 1. The molecule has 2 N–H and O–H groups in total. The highest BCUT2D eigenvalue weighted by Gasteiger charge is 2.15. The average molecular weight is 439 g/mol. The number of hydrogen-bond acceptors (Lipinski definition) is 3. The van der Waals surface area contributed by atoms with E-state index < -0.39 is 0 Å². The molecule has 0 saturated carbocycles. The maximum absolute atomic E-state index is 12.1. The third-order valence-electron chi connectivity index (χ3n) is 4.80. The minimum Gasteiger partial charge on any atom is -0.381 e. The number of nitrogens with one attached hydrogen (secondary N) is 2. The van der Waals surface area contributed by atoms with Crippen LogP contribution in [0.25, 0.3) is 0 Å². The molecule has 1 fully saturated rings. The van der Waals surface area contributed by atoms with Crippen molar-refractivity contribution in [1.82, 2.24) is 15.5 Å². The van der Waals surface area contributed by atoms with Gasteiger partial charge >= 0.3 is 0 Å². The summed E-state index contributed by atoms with van der Waals surface area (Å²) in [7, 11) is 3.88. The first kappa shape index (κ1) is 21.7. The Morgan fingerprint density at radius 1 is 1.30 bits per heavy atom. The van der Waals surface area contributed by atoms with E-state index in [9.17, 15) is 4.79 Å². The van der Waals surface area contributed by atoms with Gasteiger partial charge in [0.2, 0.25) is 0 Å². The van der Waals surface area contributed by atoms with Crippen LogP contribution >= 0.6 is 15.9 Å². The predicted molar refractivity (Wildman–Crippen MR) is 113 cm³/mol. The summed E-state index contributed by atoms with van der Waals surface area (Å²) in [6.45, 7) is 4.18. The Labute approximate surface area is 170 Å². The SMILES string of the molecule is CN=C(NCCCNC(=O)c1cccc(Br)c1)N(C)CCC1CCOCC1. The molecule has 1 amide bonds. The Kier molecular flexibility index (Phi) is 9.62. The van der Waals surface area contributed by atoms with Crippen LogP contribution in [0.1, 0.15) is 36.0 Å². The molecule has 27 heavy (non-hydrogen) atoms. The van der Waals surface area contributed by atoms with Gasteiger partial charge in [0.1, 0.15) is 0 Å². The molecule has 0 aliphatic carbocycles. The van der Waals surface area contributed by atoms with Crippen molar-refractivity contribution in [1.29, 1.82) is 0 Å². The highest BCUT2D eigenvalue weighted by Crippen LogP contribution is 2.18. The van der Waals surface area contributed by atoms with Crippen molar-refractivity contribution in [2.75, 3.05) is 46.9 Å². The molecule has 1 heterocycles. The van der Waals surface area contributed by atoms with Gasteiger partial charge in [-0.15, -0.1) is 0 Å². The highest BCUT2D eigenvalue weighted by atomic mass is 79.9. The monoisotopic (exact) mass is 438 g/mol. The van der Waals surface area contributed by atoms with Crippen molar-refractivity contribution in [2.45, 2.75) is 25.7 Å². The van der Waals surface area contributed by atoms with E-state index in [1.807, 2.05) is 31.3 Å². The number of carbonyl (C=O) groups excluding carboxylic acids is 1. The second-order valence-corrected chi connectivity index (χ2v) is 7.78. The standard InChI is InChI=1S/C20H31BrN4O2/c1-22-20(25(2)12-7-16-8-13-27-14-9-16)24-11-4-10-23-19(26)17-5-3-6-18(21)15-17/h3,5-6,15-16H,4,7-14H2,1-2H3,(H,22,24)(H,23,26). The van der Waals surface area contributed by atoms with Gasteiger partial charge in [0.15, 0.2) is 5.96 Å². The molecule has 1 aliphatic rings. The number of rotatable bonds is 8. The van der Waals surface area contributed by atoms with Crippen molar-refractivity contribution >= 4 is 27.8 Å². The van der Waals surface area contributed by atoms with E-state index in [0.717, 1.165) is 61.9 Å². The zero-order valence-electron chi connectivity index (χ0n) is 16.3. The fourth-order valence-electron chi connectivity index (χ4n) is 3.12. The maximum Gasteiger partial charge on any atom is 0.251 e. The Balaban J connectivity index is 1.61. The molecule has 6 nitrogen and oxygen atoms in total. The summed E-state index contributed by atoms with van der Waals surface area (Å²) in [6.07, 6.45) is 4.34. The second-order valence-electron chi connectivity index (χ2n) is 6.86. The van der Waals surface area contributed by atoms with Crippen LogP contribution in [-0.2, 0) is 4.74 Å². The van der Waals surface area contributed by atoms with Crippen molar-refractivity contribution < 1.29 is 9.53 Å². The van der Waals surface area contributed by atoms with Gasteiger partial charge in [-0.25, -0.2) is 0 Å². The lowest BCUT2D eigenvalue weighted by atomic mass is 9.96. The molecule has 1 aromatic rings. The molecule has 0 bridgehead atoms. The summed E-state index contributed by atoms with van der Waals surface area (Å²) in [4.78, 5) is 18.6. The third-order valence-corrected chi connectivity index (χ3v) is 5.29. The summed E-state index contributed by atoms with van der Waals surface area (Å²) >= 11 is 3.38. The zero-order valence-corrected chi connectivity index (χ0v) is 17.9. The van der Waals surface area contributed by atoms with Crippen molar-refractivity contribution in [3.8, 4) is 0 Å². The molecular formula is C20H31BrN4O2. The quantitative estimate of drug-likeness (QED) is 0.372. The van der Waals surface area contributed by atoms with Crippen molar-refractivity contribution in [3.05, 3.63) is 34.3 Å².